The number of benzene rings is 8. The van der Waals surface area contributed by atoms with E-state index in [9.17, 15) is 0 Å². The van der Waals surface area contributed by atoms with Crippen molar-refractivity contribution >= 4 is 96.2 Å². The van der Waals surface area contributed by atoms with E-state index in [0.29, 0.717) is 0 Å². The molecule has 0 fully saturated rings. The average Bonchev–Trinajstić information content (AvgIpc) is 3.78. The second-order valence-corrected chi connectivity index (χ2v) is 25.8. The monoisotopic (exact) mass is 741 g/mol. The molecule has 8 aromatic carbocycles. The first-order valence-corrected chi connectivity index (χ1v) is 25.8. The zero-order valence-electron chi connectivity index (χ0n) is 30.9. The number of thiophene rings is 1. The third-order valence-electron chi connectivity index (χ3n) is 12.4. The van der Waals surface area contributed by atoms with Crippen molar-refractivity contribution in [1.82, 2.24) is 0 Å². The van der Waals surface area contributed by atoms with Crippen LogP contribution in [0.2, 0.25) is 26.2 Å². The first kappa shape index (κ1) is 32.0. The maximum Gasteiger partial charge on any atom is 0.116 e. The van der Waals surface area contributed by atoms with Crippen LogP contribution < -0.4 is 25.6 Å². The molecule has 0 saturated carbocycles. The van der Waals surface area contributed by atoms with Gasteiger partial charge in [-0.15, -0.1) is 11.3 Å². The molecule has 0 N–H and O–H groups in total. The molecule has 1 aromatic heterocycles. The minimum Gasteiger partial charge on any atom is -0.311 e. The quantitative estimate of drug-likeness (QED) is 0.162. The predicted molar refractivity (Wildman–Crippen MR) is 241 cm³/mol. The topological polar surface area (TPSA) is 3.24 Å². The zero-order valence-corrected chi connectivity index (χ0v) is 33.8. The summed E-state index contributed by atoms with van der Waals surface area (Å²) in [6.45, 7) is 10.2. The summed E-state index contributed by atoms with van der Waals surface area (Å²) in [6, 6.07) is 62.1. The Morgan fingerprint density at radius 1 is 0.444 bits per heavy atom. The number of rotatable bonds is 4. The van der Waals surface area contributed by atoms with Crippen LogP contribution in [0.3, 0.4) is 0 Å². The van der Waals surface area contributed by atoms with Gasteiger partial charge in [0.05, 0.1) is 0 Å². The molecule has 0 bridgehead atoms. The Morgan fingerprint density at radius 3 is 2.09 bits per heavy atom. The molecular formula is C50H39NSSi2. The molecule has 0 spiro atoms. The first-order chi connectivity index (χ1) is 26.3. The highest BCUT2D eigenvalue weighted by Gasteiger charge is 2.42. The van der Waals surface area contributed by atoms with Gasteiger partial charge in [-0.2, -0.15) is 0 Å². The average molecular weight is 742 g/mol. The molecule has 11 rings (SSSR count). The standard InChI is InChI=1S/C50H39NSSi2/c1-53(2)46-28-27-40-38-17-7-9-21-44(38)52-49(40)48(46)42-26-25-37(31-47(42)53)51(43-20-12-19-41-39-18-8-10-22-45(39)54(3,4)50(41)43)36-16-11-15-34(30-36)35-24-23-32-13-5-6-14-33(32)29-35/h5-31H,1-4H3. The van der Waals surface area contributed by atoms with Crippen molar-refractivity contribution in [2.45, 2.75) is 26.2 Å². The van der Waals surface area contributed by atoms with Gasteiger partial charge in [0.25, 0.3) is 0 Å². The maximum atomic E-state index is 2.59. The van der Waals surface area contributed by atoms with Crippen LogP contribution in [0.1, 0.15) is 0 Å². The number of hydrogen-bond acceptors (Lipinski definition) is 2. The van der Waals surface area contributed by atoms with E-state index in [0.717, 1.165) is 0 Å². The molecule has 258 valence electrons. The van der Waals surface area contributed by atoms with Crippen LogP contribution in [0, 0.1) is 0 Å². The Kier molecular flexibility index (Phi) is 6.80. The van der Waals surface area contributed by atoms with E-state index >= 15 is 0 Å². The molecule has 2 aliphatic rings. The van der Waals surface area contributed by atoms with Crippen molar-refractivity contribution in [3.63, 3.8) is 0 Å². The molecule has 0 saturated heterocycles. The van der Waals surface area contributed by atoms with Crippen LogP contribution in [0.15, 0.2) is 164 Å². The molecule has 0 unspecified atom stereocenters. The second-order valence-electron chi connectivity index (χ2n) is 16.1. The fourth-order valence-corrected chi connectivity index (χ4v) is 17.6. The van der Waals surface area contributed by atoms with Crippen LogP contribution in [0.4, 0.5) is 17.1 Å². The van der Waals surface area contributed by atoms with Gasteiger partial charge in [0.2, 0.25) is 0 Å². The van der Waals surface area contributed by atoms with Crippen molar-refractivity contribution in [2.24, 2.45) is 0 Å². The van der Waals surface area contributed by atoms with Crippen LogP contribution in [-0.2, 0) is 0 Å². The number of hydrogen-bond donors (Lipinski definition) is 0. The van der Waals surface area contributed by atoms with Gasteiger partial charge in [-0.05, 0) is 107 Å². The van der Waals surface area contributed by atoms with E-state index in [-0.39, 0.29) is 0 Å². The third-order valence-corrected chi connectivity index (χ3v) is 20.7. The first-order valence-electron chi connectivity index (χ1n) is 19.0. The highest BCUT2D eigenvalue weighted by atomic mass is 32.1. The van der Waals surface area contributed by atoms with Gasteiger partial charge < -0.3 is 4.90 Å². The van der Waals surface area contributed by atoms with Gasteiger partial charge >= 0.3 is 0 Å². The minimum atomic E-state index is -2.04. The molecule has 0 radical (unpaired) electrons. The van der Waals surface area contributed by atoms with E-state index in [4.69, 9.17) is 0 Å². The SMILES string of the molecule is C[Si]1(C)c2cc(N(c3cccc(-c4ccc5ccccc5c4)c3)c3cccc4c3[Si](C)(C)c3ccccc3-4)ccc2-c2c1ccc1c2sc2ccccc21. The number of fused-ring (bicyclic) bond motifs is 11. The van der Waals surface area contributed by atoms with E-state index in [1.807, 2.05) is 11.3 Å². The van der Waals surface area contributed by atoms with Gasteiger partial charge in [0, 0.05) is 37.2 Å². The van der Waals surface area contributed by atoms with Crippen molar-refractivity contribution in [3.8, 4) is 33.4 Å². The summed E-state index contributed by atoms with van der Waals surface area (Å²) in [7, 11) is -4.07. The summed E-state index contributed by atoms with van der Waals surface area (Å²) in [6.07, 6.45) is 0. The van der Waals surface area contributed by atoms with Gasteiger partial charge in [-0.3, -0.25) is 0 Å². The van der Waals surface area contributed by atoms with Crippen LogP contribution in [0.25, 0.3) is 64.3 Å². The Bertz CT molecular complexity index is 3020. The number of nitrogens with zero attached hydrogens (tertiary/aromatic N) is 1. The Balaban J connectivity index is 1.14. The van der Waals surface area contributed by atoms with Gasteiger partial charge in [0.1, 0.15) is 16.1 Å². The lowest BCUT2D eigenvalue weighted by Gasteiger charge is -2.32. The highest BCUT2D eigenvalue weighted by Crippen LogP contribution is 2.45. The lowest BCUT2D eigenvalue weighted by atomic mass is 9.99. The number of anilines is 3. The van der Waals surface area contributed by atoms with E-state index < -0.39 is 16.1 Å². The van der Waals surface area contributed by atoms with Crippen molar-refractivity contribution in [2.75, 3.05) is 4.90 Å². The summed E-state index contributed by atoms with van der Waals surface area (Å²) in [5, 5.41) is 11.4. The molecule has 3 heterocycles. The minimum absolute atomic E-state index is 1.19. The molecule has 0 aliphatic carbocycles. The molecule has 54 heavy (non-hydrogen) atoms. The van der Waals surface area contributed by atoms with E-state index in [1.165, 1.54) is 96.9 Å². The summed E-state index contributed by atoms with van der Waals surface area (Å²) in [4.78, 5) is 2.59. The highest BCUT2D eigenvalue weighted by molar-refractivity contribution is 7.26. The third kappa shape index (κ3) is 4.48. The molecule has 2 aliphatic heterocycles. The van der Waals surface area contributed by atoms with Crippen LogP contribution in [-0.4, -0.2) is 16.1 Å². The Hall–Kier alpha value is -5.53. The maximum absolute atomic E-state index is 2.59. The van der Waals surface area contributed by atoms with Crippen molar-refractivity contribution in [1.29, 1.82) is 0 Å². The lowest BCUT2D eigenvalue weighted by molar-refractivity contribution is 1.30. The fraction of sp³-hybridized carbons (Fsp3) is 0.0800. The van der Waals surface area contributed by atoms with Gasteiger partial charge in [-0.1, -0.05) is 148 Å². The van der Waals surface area contributed by atoms with Crippen molar-refractivity contribution in [3.05, 3.63) is 164 Å². The largest absolute Gasteiger partial charge is 0.311 e. The molecule has 0 amide bonds. The lowest BCUT2D eigenvalue weighted by Crippen LogP contribution is -2.51. The molecule has 0 atom stereocenters. The van der Waals surface area contributed by atoms with E-state index in [2.05, 4.69) is 195 Å². The van der Waals surface area contributed by atoms with Crippen LogP contribution in [0.5, 0.6) is 0 Å². The Labute approximate surface area is 322 Å². The summed E-state index contributed by atoms with van der Waals surface area (Å²) >= 11 is 1.96. The Morgan fingerprint density at radius 2 is 1.19 bits per heavy atom. The van der Waals surface area contributed by atoms with Crippen LogP contribution >= 0.6 is 11.3 Å². The summed E-state index contributed by atoms with van der Waals surface area (Å²) in [5.41, 5.74) is 11.9. The smallest absolute Gasteiger partial charge is 0.116 e. The fourth-order valence-electron chi connectivity index (χ4n) is 9.75. The summed E-state index contributed by atoms with van der Waals surface area (Å²) < 4.78 is 2.81. The zero-order chi connectivity index (χ0) is 36.3. The molecule has 4 heteroatoms. The van der Waals surface area contributed by atoms with Gasteiger partial charge in [-0.25, -0.2) is 0 Å². The second kappa shape index (κ2) is 11.5. The predicted octanol–water partition coefficient (Wildman–Crippen LogP) is 12.0. The van der Waals surface area contributed by atoms with Crippen molar-refractivity contribution < 1.29 is 0 Å². The molecule has 9 aromatic rings. The normalized spacial score (nSPS) is 14.6. The summed E-state index contributed by atoms with van der Waals surface area (Å²) in [5.74, 6) is 0. The molecule has 1 nitrogen and oxygen atoms in total. The van der Waals surface area contributed by atoms with E-state index in [1.54, 1.807) is 5.19 Å². The van der Waals surface area contributed by atoms with Gasteiger partial charge in [0.15, 0.2) is 0 Å². The molecular weight excluding hydrogens is 703 g/mol.